The Morgan fingerprint density at radius 1 is 1.12 bits per heavy atom. The zero-order valence-corrected chi connectivity index (χ0v) is 15.0. The van der Waals surface area contributed by atoms with Crippen molar-refractivity contribution in [3.63, 3.8) is 0 Å². The molecule has 0 atom stereocenters. The molecule has 1 saturated carbocycles. The molecule has 2 amide bonds. The molecule has 26 heavy (non-hydrogen) atoms. The van der Waals surface area contributed by atoms with Crippen molar-refractivity contribution >= 4 is 17.5 Å². The lowest BCUT2D eigenvalue weighted by Gasteiger charge is -2.10. The Kier molecular flexibility index (Phi) is 5.89. The zero-order chi connectivity index (χ0) is 18.4. The van der Waals surface area contributed by atoms with Crippen LogP contribution in [0.1, 0.15) is 41.6 Å². The number of hydrogen-bond donors (Lipinski definition) is 2. The molecule has 1 aliphatic rings. The summed E-state index contributed by atoms with van der Waals surface area (Å²) in [5.74, 6) is 0.677. The van der Waals surface area contributed by atoms with E-state index >= 15 is 0 Å². The summed E-state index contributed by atoms with van der Waals surface area (Å²) in [7, 11) is 0. The quantitative estimate of drug-likeness (QED) is 0.712. The summed E-state index contributed by atoms with van der Waals surface area (Å²) in [5.41, 5.74) is 2.29. The summed E-state index contributed by atoms with van der Waals surface area (Å²) in [6.45, 7) is 2.48. The van der Waals surface area contributed by atoms with Crippen molar-refractivity contribution < 1.29 is 14.3 Å². The fraction of sp³-hybridized carbons (Fsp3) is 0.333. The Morgan fingerprint density at radius 2 is 1.92 bits per heavy atom. The van der Waals surface area contributed by atoms with E-state index in [9.17, 15) is 9.59 Å². The number of ether oxygens (including phenoxy) is 1. The maximum Gasteiger partial charge on any atom is 0.251 e. The summed E-state index contributed by atoms with van der Waals surface area (Å²) in [5, 5.41) is 5.79. The third kappa shape index (κ3) is 5.34. The Morgan fingerprint density at radius 3 is 2.69 bits per heavy atom. The molecule has 3 rings (SSSR count). The molecule has 0 aliphatic heterocycles. The van der Waals surface area contributed by atoms with Gasteiger partial charge in [0.25, 0.3) is 5.91 Å². The topological polar surface area (TPSA) is 67.4 Å². The van der Waals surface area contributed by atoms with E-state index in [4.69, 9.17) is 4.74 Å². The van der Waals surface area contributed by atoms with Crippen molar-refractivity contribution in [3.8, 4) is 5.75 Å². The van der Waals surface area contributed by atoms with Crippen molar-refractivity contribution in [2.45, 2.75) is 38.6 Å². The highest BCUT2D eigenvalue weighted by Gasteiger charge is 2.23. The largest absolute Gasteiger partial charge is 0.493 e. The number of aryl methyl sites for hydroxylation is 1. The van der Waals surface area contributed by atoms with Crippen LogP contribution in [0.25, 0.3) is 0 Å². The Labute approximate surface area is 153 Å². The van der Waals surface area contributed by atoms with E-state index < -0.39 is 0 Å². The van der Waals surface area contributed by atoms with E-state index in [1.807, 2.05) is 31.2 Å². The van der Waals surface area contributed by atoms with Gasteiger partial charge in [-0.25, -0.2) is 0 Å². The van der Waals surface area contributed by atoms with Crippen molar-refractivity contribution in [2.24, 2.45) is 0 Å². The van der Waals surface area contributed by atoms with Gasteiger partial charge in [-0.05, 0) is 56.0 Å². The van der Waals surface area contributed by atoms with E-state index in [1.165, 1.54) is 0 Å². The molecule has 0 radical (unpaired) electrons. The molecule has 5 nitrogen and oxygen atoms in total. The van der Waals surface area contributed by atoms with Gasteiger partial charge in [0.15, 0.2) is 0 Å². The van der Waals surface area contributed by atoms with Crippen LogP contribution in [0.4, 0.5) is 5.69 Å². The minimum Gasteiger partial charge on any atom is -0.493 e. The van der Waals surface area contributed by atoms with Gasteiger partial charge in [0.1, 0.15) is 5.75 Å². The molecule has 0 spiro atoms. The van der Waals surface area contributed by atoms with E-state index in [-0.39, 0.29) is 11.8 Å². The molecule has 2 N–H and O–H groups in total. The first-order chi connectivity index (χ1) is 12.6. The summed E-state index contributed by atoms with van der Waals surface area (Å²) in [4.78, 5) is 24.2. The first-order valence-electron chi connectivity index (χ1n) is 9.01. The SMILES string of the molecule is Cc1ccccc1OCCCC(=O)Nc1cccc(C(=O)NC2CC2)c1. The van der Waals surface area contributed by atoms with Crippen LogP contribution in [0.2, 0.25) is 0 Å². The molecule has 0 bridgehead atoms. The molecular formula is C21H24N2O3. The van der Waals surface area contributed by atoms with Crippen LogP contribution in [-0.4, -0.2) is 24.5 Å². The summed E-state index contributed by atoms with van der Waals surface area (Å²) >= 11 is 0. The number of carbonyl (C=O) groups excluding carboxylic acids is 2. The van der Waals surface area contributed by atoms with Crippen LogP contribution in [0.15, 0.2) is 48.5 Å². The molecule has 136 valence electrons. The van der Waals surface area contributed by atoms with Crippen molar-refractivity contribution in [1.29, 1.82) is 0 Å². The lowest BCUT2D eigenvalue weighted by Crippen LogP contribution is -2.25. The number of amides is 2. The molecular weight excluding hydrogens is 328 g/mol. The van der Waals surface area contributed by atoms with E-state index in [0.717, 1.165) is 24.2 Å². The predicted molar refractivity (Wildman–Crippen MR) is 101 cm³/mol. The van der Waals surface area contributed by atoms with Gasteiger partial charge < -0.3 is 15.4 Å². The van der Waals surface area contributed by atoms with E-state index in [1.54, 1.807) is 24.3 Å². The lowest BCUT2D eigenvalue weighted by molar-refractivity contribution is -0.116. The molecule has 0 saturated heterocycles. The highest BCUT2D eigenvalue weighted by Crippen LogP contribution is 2.20. The molecule has 1 aliphatic carbocycles. The number of hydrogen-bond acceptors (Lipinski definition) is 3. The molecule has 0 aromatic heterocycles. The Hall–Kier alpha value is -2.82. The van der Waals surface area contributed by atoms with Gasteiger partial charge in [-0.1, -0.05) is 24.3 Å². The summed E-state index contributed by atoms with van der Waals surface area (Å²) in [6.07, 6.45) is 3.09. The molecule has 1 fully saturated rings. The van der Waals surface area contributed by atoms with Crippen LogP contribution in [0.5, 0.6) is 5.75 Å². The third-order valence-electron chi connectivity index (χ3n) is 4.22. The van der Waals surface area contributed by atoms with E-state index in [2.05, 4.69) is 10.6 Å². The second-order valence-electron chi connectivity index (χ2n) is 6.59. The molecule has 2 aromatic rings. The number of benzene rings is 2. The van der Waals surface area contributed by atoms with Gasteiger partial charge in [0.05, 0.1) is 6.61 Å². The smallest absolute Gasteiger partial charge is 0.251 e. The standard InChI is InChI=1S/C21H24N2O3/c1-15-6-2-3-9-19(15)26-13-5-10-20(24)22-18-8-4-7-16(14-18)21(25)23-17-11-12-17/h2-4,6-9,14,17H,5,10-13H2,1H3,(H,22,24)(H,23,25). The minimum atomic E-state index is -0.0878. The number of rotatable bonds is 8. The second-order valence-corrected chi connectivity index (χ2v) is 6.59. The number of carbonyl (C=O) groups is 2. The van der Waals surface area contributed by atoms with Crippen LogP contribution < -0.4 is 15.4 Å². The number of para-hydroxylation sites is 1. The van der Waals surface area contributed by atoms with Crippen LogP contribution in [0, 0.1) is 6.92 Å². The molecule has 0 unspecified atom stereocenters. The molecule has 2 aromatic carbocycles. The van der Waals surface area contributed by atoms with Crippen molar-refractivity contribution in [1.82, 2.24) is 5.32 Å². The zero-order valence-electron chi connectivity index (χ0n) is 15.0. The summed E-state index contributed by atoms with van der Waals surface area (Å²) < 4.78 is 5.70. The Bertz CT molecular complexity index is 784. The average molecular weight is 352 g/mol. The molecule has 5 heteroatoms. The highest BCUT2D eigenvalue weighted by atomic mass is 16.5. The fourth-order valence-corrected chi connectivity index (χ4v) is 2.59. The van der Waals surface area contributed by atoms with Gasteiger partial charge in [-0.3, -0.25) is 9.59 Å². The highest BCUT2D eigenvalue weighted by molar-refractivity contribution is 5.97. The maximum absolute atomic E-state index is 12.1. The number of anilines is 1. The van der Waals surface area contributed by atoms with Crippen molar-refractivity contribution in [2.75, 3.05) is 11.9 Å². The predicted octanol–water partition coefficient (Wildman–Crippen LogP) is 3.68. The van der Waals surface area contributed by atoms with E-state index in [0.29, 0.717) is 36.7 Å². The van der Waals surface area contributed by atoms with Gasteiger partial charge in [0.2, 0.25) is 5.91 Å². The van der Waals surface area contributed by atoms with Crippen LogP contribution in [-0.2, 0) is 4.79 Å². The van der Waals surface area contributed by atoms with Gasteiger partial charge in [-0.15, -0.1) is 0 Å². The van der Waals surface area contributed by atoms with Gasteiger partial charge in [-0.2, -0.15) is 0 Å². The Balaban J connectivity index is 1.43. The monoisotopic (exact) mass is 352 g/mol. The average Bonchev–Trinajstić information content (AvgIpc) is 3.44. The summed E-state index contributed by atoms with van der Waals surface area (Å²) in [6, 6.07) is 15.2. The van der Waals surface area contributed by atoms with Crippen molar-refractivity contribution in [3.05, 3.63) is 59.7 Å². The second kappa shape index (κ2) is 8.52. The number of nitrogens with one attached hydrogen (secondary N) is 2. The lowest BCUT2D eigenvalue weighted by atomic mass is 10.2. The minimum absolute atomic E-state index is 0.0851. The maximum atomic E-state index is 12.1. The van der Waals surface area contributed by atoms with Crippen LogP contribution >= 0.6 is 0 Å². The van der Waals surface area contributed by atoms with Gasteiger partial charge >= 0.3 is 0 Å². The molecule has 0 heterocycles. The first-order valence-corrected chi connectivity index (χ1v) is 9.01. The van der Waals surface area contributed by atoms with Crippen LogP contribution in [0.3, 0.4) is 0 Å². The normalized spacial score (nSPS) is 13.1. The first kappa shape index (κ1) is 18.0. The van der Waals surface area contributed by atoms with Gasteiger partial charge in [0, 0.05) is 23.7 Å². The fourth-order valence-electron chi connectivity index (χ4n) is 2.59. The third-order valence-corrected chi connectivity index (χ3v) is 4.22.